The molecule has 1 aliphatic rings. The molecule has 1 fully saturated rings. The van der Waals surface area contributed by atoms with E-state index in [4.69, 9.17) is 4.74 Å². The van der Waals surface area contributed by atoms with Gasteiger partial charge in [-0.25, -0.2) is 0 Å². The monoisotopic (exact) mass is 370 g/mol. The number of thiophene rings is 1. The van der Waals surface area contributed by atoms with Crippen LogP contribution in [0.3, 0.4) is 0 Å². The lowest BCUT2D eigenvalue weighted by atomic mass is 9.98. The predicted molar refractivity (Wildman–Crippen MR) is 108 cm³/mol. The Hall–Kier alpha value is -2.11. The molecule has 1 unspecified atom stereocenters. The molecule has 138 valence electrons. The topological polar surface area (TPSA) is 41.6 Å². The van der Waals surface area contributed by atoms with Gasteiger partial charge in [-0.15, -0.1) is 11.3 Å². The van der Waals surface area contributed by atoms with Crippen LogP contribution in [0.1, 0.15) is 28.1 Å². The molecule has 0 saturated carbocycles. The van der Waals surface area contributed by atoms with E-state index in [1.165, 1.54) is 29.7 Å². The number of hydrogen-bond acceptors (Lipinski definition) is 4. The summed E-state index contributed by atoms with van der Waals surface area (Å²) in [5, 5.41) is 5.02. The second-order valence-electron chi connectivity index (χ2n) is 6.63. The third kappa shape index (κ3) is 5.44. The van der Waals surface area contributed by atoms with E-state index in [0.717, 1.165) is 36.8 Å². The molecule has 2 aromatic rings. The van der Waals surface area contributed by atoms with Crippen molar-refractivity contribution in [3.63, 3.8) is 0 Å². The summed E-state index contributed by atoms with van der Waals surface area (Å²) >= 11 is 1.49. The molecule has 5 heteroatoms. The molecule has 3 rings (SSSR count). The standard InChI is InChI=1S/C21H26N2O2S/c1-25-19-10-8-17(9-11-19)5-2-12-23-13-3-6-18(16-23)15-22-21(24)20-7-4-14-26-20/h2,4-5,7-11,14,18H,3,6,12-13,15-16H2,1H3,(H,22,24)/b5-2+. The normalized spacial score (nSPS) is 18.1. The first-order chi connectivity index (χ1) is 12.7. The van der Waals surface area contributed by atoms with Crippen molar-refractivity contribution in [3.05, 3.63) is 58.3 Å². The molecule has 4 nitrogen and oxygen atoms in total. The first-order valence-electron chi connectivity index (χ1n) is 9.09. The number of ether oxygens (including phenoxy) is 1. The van der Waals surface area contributed by atoms with Gasteiger partial charge in [-0.2, -0.15) is 0 Å². The third-order valence-electron chi connectivity index (χ3n) is 4.69. The van der Waals surface area contributed by atoms with E-state index in [2.05, 4.69) is 34.5 Å². The Morgan fingerprint density at radius 2 is 2.19 bits per heavy atom. The zero-order chi connectivity index (χ0) is 18.2. The van der Waals surface area contributed by atoms with Gasteiger partial charge in [0.05, 0.1) is 12.0 Å². The molecule has 2 heterocycles. The molecule has 26 heavy (non-hydrogen) atoms. The summed E-state index contributed by atoms with van der Waals surface area (Å²) in [6, 6.07) is 11.9. The van der Waals surface area contributed by atoms with Crippen LogP contribution in [0, 0.1) is 5.92 Å². The number of methoxy groups -OCH3 is 1. The number of carbonyl (C=O) groups excluding carboxylic acids is 1. The van der Waals surface area contributed by atoms with Crippen molar-refractivity contribution < 1.29 is 9.53 Å². The number of amides is 1. The van der Waals surface area contributed by atoms with Gasteiger partial charge in [-0.1, -0.05) is 30.4 Å². The smallest absolute Gasteiger partial charge is 0.261 e. The summed E-state index contributed by atoms with van der Waals surface area (Å²) in [5.41, 5.74) is 1.18. The van der Waals surface area contributed by atoms with Crippen molar-refractivity contribution in [3.8, 4) is 5.75 Å². The van der Waals surface area contributed by atoms with Crippen LogP contribution in [0.2, 0.25) is 0 Å². The first-order valence-corrected chi connectivity index (χ1v) is 9.97. The van der Waals surface area contributed by atoms with Gasteiger partial charge in [-0.05, 0) is 54.4 Å². The Morgan fingerprint density at radius 3 is 2.92 bits per heavy atom. The maximum absolute atomic E-state index is 12.1. The van der Waals surface area contributed by atoms with Gasteiger partial charge < -0.3 is 10.1 Å². The minimum absolute atomic E-state index is 0.0523. The Kier molecular flexibility index (Phi) is 6.86. The highest BCUT2D eigenvalue weighted by atomic mass is 32.1. The second-order valence-corrected chi connectivity index (χ2v) is 7.58. The van der Waals surface area contributed by atoms with Crippen LogP contribution in [0.5, 0.6) is 5.75 Å². The van der Waals surface area contributed by atoms with Crippen LogP contribution in [0.25, 0.3) is 6.08 Å². The first kappa shape index (κ1) is 18.7. The Labute approximate surface area is 159 Å². The third-order valence-corrected chi connectivity index (χ3v) is 5.56. The van der Waals surface area contributed by atoms with Crippen molar-refractivity contribution in [1.29, 1.82) is 0 Å². The fraction of sp³-hybridized carbons (Fsp3) is 0.381. The zero-order valence-electron chi connectivity index (χ0n) is 15.2. The predicted octanol–water partition coefficient (Wildman–Crippen LogP) is 3.91. The molecule has 1 aromatic carbocycles. The second kappa shape index (κ2) is 9.55. The molecule has 0 spiro atoms. The quantitative estimate of drug-likeness (QED) is 0.803. The van der Waals surface area contributed by atoms with Crippen LogP contribution >= 0.6 is 11.3 Å². The molecular weight excluding hydrogens is 344 g/mol. The molecule has 0 bridgehead atoms. The van der Waals surface area contributed by atoms with Crippen molar-refractivity contribution in [2.24, 2.45) is 5.92 Å². The molecule has 1 saturated heterocycles. The largest absolute Gasteiger partial charge is 0.497 e. The molecule has 1 atom stereocenters. The van der Waals surface area contributed by atoms with Gasteiger partial charge >= 0.3 is 0 Å². The number of hydrogen-bond donors (Lipinski definition) is 1. The summed E-state index contributed by atoms with van der Waals surface area (Å²) in [7, 11) is 1.68. The summed E-state index contributed by atoms with van der Waals surface area (Å²) in [4.78, 5) is 15.3. The lowest BCUT2D eigenvalue weighted by Crippen LogP contribution is -2.40. The highest BCUT2D eigenvalue weighted by molar-refractivity contribution is 7.12. The van der Waals surface area contributed by atoms with Gasteiger partial charge in [0.25, 0.3) is 5.91 Å². The number of nitrogens with one attached hydrogen (secondary N) is 1. The van der Waals surface area contributed by atoms with E-state index in [1.807, 2.05) is 29.6 Å². The van der Waals surface area contributed by atoms with Crippen LogP contribution < -0.4 is 10.1 Å². The van der Waals surface area contributed by atoms with E-state index in [9.17, 15) is 4.79 Å². The van der Waals surface area contributed by atoms with Crippen molar-refractivity contribution in [2.75, 3.05) is 33.3 Å². The lowest BCUT2D eigenvalue weighted by molar-refractivity contribution is 0.0939. The average molecular weight is 371 g/mol. The van der Waals surface area contributed by atoms with Gasteiger partial charge in [-0.3, -0.25) is 9.69 Å². The number of carbonyl (C=O) groups is 1. The highest BCUT2D eigenvalue weighted by Gasteiger charge is 2.19. The molecule has 0 radical (unpaired) electrons. The van der Waals surface area contributed by atoms with E-state index in [-0.39, 0.29) is 5.91 Å². The summed E-state index contributed by atoms with van der Waals surface area (Å²) in [6.45, 7) is 3.87. The number of benzene rings is 1. The zero-order valence-corrected chi connectivity index (χ0v) is 16.0. The SMILES string of the molecule is COc1ccc(/C=C/CN2CCCC(CNC(=O)c3cccs3)C2)cc1. The van der Waals surface area contributed by atoms with Crippen LogP contribution in [0.15, 0.2) is 47.9 Å². The van der Waals surface area contributed by atoms with Gasteiger partial charge in [0.2, 0.25) is 0 Å². The number of likely N-dealkylation sites (tertiary alicyclic amines) is 1. The van der Waals surface area contributed by atoms with Crippen molar-refractivity contribution in [2.45, 2.75) is 12.8 Å². The fourth-order valence-electron chi connectivity index (χ4n) is 3.27. The Bertz CT molecular complexity index is 710. The summed E-state index contributed by atoms with van der Waals surface area (Å²) in [6.07, 6.45) is 6.75. The molecule has 0 aliphatic carbocycles. The fourth-order valence-corrected chi connectivity index (χ4v) is 3.91. The summed E-state index contributed by atoms with van der Waals surface area (Å²) < 4.78 is 5.18. The number of rotatable bonds is 7. The number of piperidine rings is 1. The average Bonchev–Trinajstić information content (AvgIpc) is 3.22. The maximum atomic E-state index is 12.1. The van der Waals surface area contributed by atoms with E-state index in [0.29, 0.717) is 5.92 Å². The number of nitrogens with zero attached hydrogens (tertiary/aromatic N) is 1. The molecular formula is C21H26N2O2S. The molecule has 1 amide bonds. The van der Waals surface area contributed by atoms with Crippen LogP contribution in [-0.4, -0.2) is 44.1 Å². The van der Waals surface area contributed by atoms with Crippen molar-refractivity contribution >= 4 is 23.3 Å². The van der Waals surface area contributed by atoms with Crippen molar-refractivity contribution in [1.82, 2.24) is 10.2 Å². The van der Waals surface area contributed by atoms with Gasteiger partial charge in [0, 0.05) is 19.6 Å². The van der Waals surface area contributed by atoms with Crippen LogP contribution in [0.4, 0.5) is 0 Å². The van der Waals surface area contributed by atoms with Gasteiger partial charge in [0.15, 0.2) is 0 Å². The van der Waals surface area contributed by atoms with Gasteiger partial charge in [0.1, 0.15) is 5.75 Å². The van der Waals surface area contributed by atoms with E-state index in [1.54, 1.807) is 7.11 Å². The lowest BCUT2D eigenvalue weighted by Gasteiger charge is -2.32. The minimum atomic E-state index is 0.0523. The molecule has 1 aliphatic heterocycles. The van der Waals surface area contributed by atoms with Crippen LogP contribution in [-0.2, 0) is 0 Å². The Morgan fingerprint density at radius 1 is 1.35 bits per heavy atom. The molecule has 1 aromatic heterocycles. The molecule has 1 N–H and O–H groups in total. The minimum Gasteiger partial charge on any atom is -0.497 e. The highest BCUT2D eigenvalue weighted by Crippen LogP contribution is 2.17. The maximum Gasteiger partial charge on any atom is 0.261 e. The summed E-state index contributed by atoms with van der Waals surface area (Å²) in [5.74, 6) is 1.46. The van der Waals surface area contributed by atoms with E-state index >= 15 is 0 Å². The van der Waals surface area contributed by atoms with E-state index < -0.39 is 0 Å². The Balaban J connectivity index is 1.42.